The third-order valence-electron chi connectivity index (χ3n) is 1.75. The van der Waals surface area contributed by atoms with Crippen molar-refractivity contribution in [3.05, 3.63) is 27.4 Å². The summed E-state index contributed by atoms with van der Waals surface area (Å²) in [4.78, 5) is 15.5. The molecule has 0 aliphatic heterocycles. The van der Waals surface area contributed by atoms with Gasteiger partial charge in [-0.15, -0.1) is 0 Å². The van der Waals surface area contributed by atoms with Crippen molar-refractivity contribution in [3.63, 3.8) is 0 Å². The van der Waals surface area contributed by atoms with Crippen molar-refractivity contribution in [2.75, 3.05) is 0 Å². The van der Waals surface area contributed by atoms with E-state index < -0.39 is 0 Å². The van der Waals surface area contributed by atoms with Crippen LogP contribution in [0.25, 0.3) is 0 Å². The van der Waals surface area contributed by atoms with Crippen LogP contribution >= 0.6 is 11.6 Å². The molecule has 1 heterocycles. The average molecular weight is 212 g/mol. The van der Waals surface area contributed by atoms with E-state index >= 15 is 0 Å². The van der Waals surface area contributed by atoms with Crippen molar-refractivity contribution < 1.29 is 0 Å². The van der Waals surface area contributed by atoms with Gasteiger partial charge in [-0.2, -0.15) is 5.26 Å². The highest BCUT2D eigenvalue weighted by Crippen LogP contribution is 2.12. The number of nitriles is 1. The molecule has 0 saturated heterocycles. The first-order valence-corrected chi connectivity index (χ1v) is 4.58. The summed E-state index contributed by atoms with van der Waals surface area (Å²) >= 11 is 5.66. The van der Waals surface area contributed by atoms with Crippen LogP contribution in [0.4, 0.5) is 0 Å². The van der Waals surface area contributed by atoms with Crippen LogP contribution in [0.3, 0.4) is 0 Å². The van der Waals surface area contributed by atoms with Gasteiger partial charge in [-0.05, 0) is 0 Å². The molecule has 5 heteroatoms. The summed E-state index contributed by atoms with van der Waals surface area (Å²) in [7, 11) is 0. The van der Waals surface area contributed by atoms with Gasteiger partial charge in [0.1, 0.15) is 17.5 Å². The maximum absolute atomic E-state index is 11.4. The van der Waals surface area contributed by atoms with Crippen LogP contribution in [-0.4, -0.2) is 9.55 Å². The summed E-state index contributed by atoms with van der Waals surface area (Å²) in [5.74, 6) is 0.610. The summed E-state index contributed by atoms with van der Waals surface area (Å²) in [6, 6.07) is 3.13. The second kappa shape index (κ2) is 4.25. The van der Waals surface area contributed by atoms with Gasteiger partial charge in [0, 0.05) is 12.0 Å². The molecule has 1 aromatic rings. The van der Waals surface area contributed by atoms with Gasteiger partial charge in [-0.25, -0.2) is 4.98 Å². The van der Waals surface area contributed by atoms with E-state index in [4.69, 9.17) is 16.9 Å². The zero-order chi connectivity index (χ0) is 10.7. The van der Waals surface area contributed by atoms with Crippen molar-refractivity contribution in [3.8, 4) is 6.07 Å². The van der Waals surface area contributed by atoms with E-state index in [1.54, 1.807) is 0 Å². The maximum Gasteiger partial charge on any atom is 0.255 e. The second-order valence-electron chi connectivity index (χ2n) is 3.17. The third kappa shape index (κ3) is 2.12. The molecule has 0 amide bonds. The van der Waals surface area contributed by atoms with Crippen LogP contribution in [0.1, 0.15) is 25.6 Å². The Bertz CT molecular complexity index is 431. The van der Waals surface area contributed by atoms with Gasteiger partial charge in [-0.3, -0.25) is 9.36 Å². The fourth-order valence-corrected chi connectivity index (χ4v) is 1.35. The predicted octanol–water partition coefficient (Wildman–Crippen LogP) is 1.54. The molecule has 74 valence electrons. The minimum absolute atomic E-state index is 0.0104. The lowest BCUT2D eigenvalue weighted by Crippen LogP contribution is -2.24. The Morgan fingerprint density at radius 2 is 2.36 bits per heavy atom. The maximum atomic E-state index is 11.4. The monoisotopic (exact) mass is 211 g/mol. The molecule has 0 fully saturated rings. The molecule has 1 rings (SSSR count). The molecule has 0 bridgehead atoms. The van der Waals surface area contributed by atoms with Crippen molar-refractivity contribution in [1.82, 2.24) is 9.55 Å². The molecule has 0 aliphatic carbocycles. The molecule has 4 nitrogen and oxygen atoms in total. The normalized spacial score (nSPS) is 10.2. The standard InChI is InChI=1S/C9H10ClN3O/c1-6(2)9-12-7(10)5-8(14)13(9)4-3-11/h5-6H,4H2,1-2H3. The van der Waals surface area contributed by atoms with Crippen molar-refractivity contribution >= 4 is 11.6 Å². The zero-order valence-electron chi connectivity index (χ0n) is 7.99. The average Bonchev–Trinajstić information content (AvgIpc) is 2.09. The Morgan fingerprint density at radius 3 is 2.86 bits per heavy atom. The van der Waals surface area contributed by atoms with E-state index in [0.717, 1.165) is 0 Å². The zero-order valence-corrected chi connectivity index (χ0v) is 8.75. The summed E-state index contributed by atoms with van der Waals surface area (Å²) in [6.07, 6.45) is 0. The van der Waals surface area contributed by atoms with E-state index in [2.05, 4.69) is 4.98 Å². The topological polar surface area (TPSA) is 58.7 Å². The molecule has 0 saturated carbocycles. The molecule has 1 aromatic heterocycles. The first-order chi connectivity index (χ1) is 6.56. The number of aromatic nitrogens is 2. The lowest BCUT2D eigenvalue weighted by molar-refractivity contribution is 0.637. The van der Waals surface area contributed by atoms with Crippen molar-refractivity contribution in [1.29, 1.82) is 5.26 Å². The lowest BCUT2D eigenvalue weighted by Gasteiger charge is -2.11. The van der Waals surface area contributed by atoms with Gasteiger partial charge in [0.25, 0.3) is 5.56 Å². The van der Waals surface area contributed by atoms with Crippen molar-refractivity contribution in [2.24, 2.45) is 0 Å². The Hall–Kier alpha value is -1.34. The second-order valence-corrected chi connectivity index (χ2v) is 3.56. The first-order valence-electron chi connectivity index (χ1n) is 4.20. The van der Waals surface area contributed by atoms with Crippen LogP contribution in [0.15, 0.2) is 10.9 Å². The third-order valence-corrected chi connectivity index (χ3v) is 1.95. The van der Waals surface area contributed by atoms with Crippen LogP contribution in [0, 0.1) is 11.3 Å². The van der Waals surface area contributed by atoms with E-state index in [1.165, 1.54) is 10.6 Å². The Labute approximate surface area is 86.8 Å². The van der Waals surface area contributed by atoms with Gasteiger partial charge < -0.3 is 0 Å². The quantitative estimate of drug-likeness (QED) is 0.698. The summed E-state index contributed by atoms with van der Waals surface area (Å²) < 4.78 is 1.33. The van der Waals surface area contributed by atoms with Crippen LogP contribution < -0.4 is 5.56 Å². The largest absolute Gasteiger partial charge is 0.282 e. The fraction of sp³-hybridized carbons (Fsp3) is 0.444. The number of nitrogens with zero attached hydrogens (tertiary/aromatic N) is 3. The molecule has 0 aliphatic rings. The Morgan fingerprint density at radius 1 is 1.71 bits per heavy atom. The molecule has 0 spiro atoms. The lowest BCUT2D eigenvalue weighted by atomic mass is 10.2. The molecular weight excluding hydrogens is 202 g/mol. The van der Waals surface area contributed by atoms with Crippen LogP contribution in [-0.2, 0) is 6.54 Å². The van der Waals surface area contributed by atoms with E-state index in [1.807, 2.05) is 19.9 Å². The molecule has 0 radical (unpaired) electrons. The van der Waals surface area contributed by atoms with E-state index in [9.17, 15) is 4.79 Å². The SMILES string of the molecule is CC(C)c1nc(Cl)cc(=O)n1CC#N. The number of halogens is 1. The van der Waals surface area contributed by atoms with Crippen LogP contribution in [0.2, 0.25) is 5.15 Å². The van der Waals surface area contributed by atoms with Gasteiger partial charge >= 0.3 is 0 Å². The highest BCUT2D eigenvalue weighted by Gasteiger charge is 2.10. The molecular formula is C9H10ClN3O. The van der Waals surface area contributed by atoms with E-state index in [0.29, 0.717) is 5.82 Å². The number of hydrogen-bond acceptors (Lipinski definition) is 3. The summed E-state index contributed by atoms with van der Waals surface area (Å²) in [5, 5.41) is 8.72. The molecule has 14 heavy (non-hydrogen) atoms. The van der Waals surface area contributed by atoms with Gasteiger partial charge in [0.05, 0.1) is 6.07 Å². The minimum Gasteiger partial charge on any atom is -0.282 e. The smallest absolute Gasteiger partial charge is 0.255 e. The van der Waals surface area contributed by atoms with Gasteiger partial charge in [-0.1, -0.05) is 25.4 Å². The molecule has 0 atom stereocenters. The molecule has 0 aromatic carbocycles. The summed E-state index contributed by atoms with van der Waals surface area (Å²) in [5.41, 5.74) is -0.282. The highest BCUT2D eigenvalue weighted by molar-refractivity contribution is 6.29. The number of rotatable bonds is 2. The summed E-state index contributed by atoms with van der Waals surface area (Å²) in [6.45, 7) is 3.80. The van der Waals surface area contributed by atoms with Gasteiger partial charge in [0.15, 0.2) is 0 Å². The minimum atomic E-state index is -0.282. The Kier molecular flexibility index (Phi) is 3.26. The predicted molar refractivity (Wildman–Crippen MR) is 53.2 cm³/mol. The fourth-order valence-electron chi connectivity index (χ4n) is 1.17. The highest BCUT2D eigenvalue weighted by atomic mass is 35.5. The van der Waals surface area contributed by atoms with Crippen LogP contribution in [0.5, 0.6) is 0 Å². The number of hydrogen-bond donors (Lipinski definition) is 0. The Balaban J connectivity index is 3.38. The van der Waals surface area contributed by atoms with E-state index in [-0.39, 0.29) is 23.2 Å². The first kappa shape index (κ1) is 10.7. The van der Waals surface area contributed by atoms with Gasteiger partial charge in [0.2, 0.25) is 0 Å². The van der Waals surface area contributed by atoms with Crippen molar-refractivity contribution in [2.45, 2.75) is 26.3 Å². The molecule has 0 N–H and O–H groups in total. The molecule has 0 unspecified atom stereocenters.